The minimum absolute atomic E-state index is 0.0475. The predicted molar refractivity (Wildman–Crippen MR) is 58.0 cm³/mol. The van der Waals surface area contributed by atoms with Gasteiger partial charge < -0.3 is 10.0 Å². The molecule has 1 heterocycles. The first-order valence-electron chi connectivity index (χ1n) is 5.28. The molecule has 0 unspecified atom stereocenters. The van der Waals surface area contributed by atoms with Gasteiger partial charge in [0.2, 0.25) is 0 Å². The maximum Gasteiger partial charge on any atom is 0.257 e. The van der Waals surface area contributed by atoms with E-state index in [4.69, 9.17) is 0 Å². The Morgan fingerprint density at radius 2 is 2.00 bits per heavy atom. The van der Waals surface area contributed by atoms with Crippen LogP contribution in [0.3, 0.4) is 0 Å². The summed E-state index contributed by atoms with van der Waals surface area (Å²) in [6, 6.07) is 5.29. The average Bonchev–Trinajstić information content (AvgIpc) is 2.74. The SMILES string of the molecule is Cc1cccc(C(=O)N2CCCC2)c1O. The third-order valence-electron chi connectivity index (χ3n) is 2.86. The number of carbonyl (C=O) groups is 1. The first kappa shape index (κ1) is 10.0. The summed E-state index contributed by atoms with van der Waals surface area (Å²) in [5, 5.41) is 9.78. The molecule has 0 aliphatic carbocycles. The van der Waals surface area contributed by atoms with Crippen LogP contribution in [0, 0.1) is 6.92 Å². The molecule has 1 amide bonds. The zero-order valence-electron chi connectivity index (χ0n) is 8.86. The highest BCUT2D eigenvalue weighted by Crippen LogP contribution is 2.24. The number of rotatable bonds is 1. The van der Waals surface area contributed by atoms with Crippen LogP contribution in [0.1, 0.15) is 28.8 Å². The Balaban J connectivity index is 2.28. The van der Waals surface area contributed by atoms with Crippen molar-refractivity contribution in [2.45, 2.75) is 19.8 Å². The first-order chi connectivity index (χ1) is 7.20. The molecule has 0 spiro atoms. The van der Waals surface area contributed by atoms with Gasteiger partial charge in [0.05, 0.1) is 5.56 Å². The fourth-order valence-electron chi connectivity index (χ4n) is 1.92. The van der Waals surface area contributed by atoms with Gasteiger partial charge in [0.15, 0.2) is 0 Å². The van der Waals surface area contributed by atoms with Crippen molar-refractivity contribution in [1.29, 1.82) is 0 Å². The molecule has 1 N–H and O–H groups in total. The second-order valence-electron chi connectivity index (χ2n) is 3.97. The number of phenolic OH excluding ortho intramolecular Hbond substituents is 1. The van der Waals surface area contributed by atoms with Crippen LogP contribution < -0.4 is 0 Å². The quantitative estimate of drug-likeness (QED) is 0.761. The molecule has 1 aliphatic rings. The molecule has 3 nitrogen and oxygen atoms in total. The molecular weight excluding hydrogens is 190 g/mol. The molecule has 15 heavy (non-hydrogen) atoms. The minimum atomic E-state index is -0.0475. The Morgan fingerprint density at radius 1 is 1.33 bits per heavy atom. The molecule has 0 saturated carbocycles. The highest BCUT2D eigenvalue weighted by molar-refractivity contribution is 5.97. The van der Waals surface area contributed by atoms with Gasteiger partial charge in [0.1, 0.15) is 5.75 Å². The summed E-state index contributed by atoms with van der Waals surface area (Å²) in [5.41, 5.74) is 1.18. The second-order valence-corrected chi connectivity index (χ2v) is 3.97. The topological polar surface area (TPSA) is 40.5 Å². The van der Waals surface area contributed by atoms with Crippen molar-refractivity contribution in [3.8, 4) is 5.75 Å². The van der Waals surface area contributed by atoms with Crippen molar-refractivity contribution < 1.29 is 9.90 Å². The molecule has 1 fully saturated rings. The number of benzene rings is 1. The highest BCUT2D eigenvalue weighted by Gasteiger charge is 2.22. The van der Waals surface area contributed by atoms with Gasteiger partial charge in [-0.25, -0.2) is 0 Å². The molecule has 0 aromatic heterocycles. The number of hydrogen-bond acceptors (Lipinski definition) is 2. The smallest absolute Gasteiger partial charge is 0.257 e. The van der Waals surface area contributed by atoms with E-state index in [-0.39, 0.29) is 11.7 Å². The molecule has 1 aromatic rings. The van der Waals surface area contributed by atoms with Gasteiger partial charge in [0.25, 0.3) is 5.91 Å². The Morgan fingerprint density at radius 3 is 2.67 bits per heavy atom. The van der Waals surface area contributed by atoms with Crippen molar-refractivity contribution in [3.63, 3.8) is 0 Å². The summed E-state index contributed by atoms with van der Waals surface area (Å²) in [6.07, 6.45) is 2.14. The number of amides is 1. The summed E-state index contributed by atoms with van der Waals surface area (Å²) < 4.78 is 0. The van der Waals surface area contributed by atoms with Crippen molar-refractivity contribution in [2.24, 2.45) is 0 Å². The third kappa shape index (κ3) is 1.82. The Hall–Kier alpha value is -1.51. The van der Waals surface area contributed by atoms with Crippen LogP contribution in [0.4, 0.5) is 0 Å². The van der Waals surface area contributed by atoms with Crippen LogP contribution in [0.15, 0.2) is 18.2 Å². The zero-order valence-corrected chi connectivity index (χ0v) is 8.86. The molecule has 0 atom stereocenters. The van der Waals surface area contributed by atoms with Gasteiger partial charge in [-0.15, -0.1) is 0 Å². The van der Waals surface area contributed by atoms with Crippen LogP contribution in [0.5, 0.6) is 5.75 Å². The molecule has 0 bridgehead atoms. The maximum absolute atomic E-state index is 12.0. The lowest BCUT2D eigenvalue weighted by Crippen LogP contribution is -2.27. The second kappa shape index (κ2) is 3.93. The van der Waals surface area contributed by atoms with E-state index in [0.29, 0.717) is 5.56 Å². The number of para-hydroxylation sites is 1. The highest BCUT2D eigenvalue weighted by atomic mass is 16.3. The van der Waals surface area contributed by atoms with Crippen LogP contribution in [0.25, 0.3) is 0 Å². The summed E-state index contributed by atoms with van der Waals surface area (Å²) >= 11 is 0. The van der Waals surface area contributed by atoms with Crippen LogP contribution >= 0.6 is 0 Å². The van der Waals surface area contributed by atoms with E-state index in [9.17, 15) is 9.90 Å². The molecule has 1 aliphatic heterocycles. The molecule has 1 saturated heterocycles. The molecule has 1 aromatic carbocycles. The lowest BCUT2D eigenvalue weighted by atomic mass is 10.1. The Labute approximate surface area is 89.3 Å². The van der Waals surface area contributed by atoms with Crippen molar-refractivity contribution in [1.82, 2.24) is 4.90 Å². The van der Waals surface area contributed by atoms with Gasteiger partial charge in [-0.2, -0.15) is 0 Å². The number of aryl methyl sites for hydroxylation is 1. The summed E-state index contributed by atoms with van der Waals surface area (Å²) in [6.45, 7) is 3.43. The minimum Gasteiger partial charge on any atom is -0.507 e. The normalized spacial score (nSPS) is 15.7. The fraction of sp³-hybridized carbons (Fsp3) is 0.417. The third-order valence-corrected chi connectivity index (χ3v) is 2.86. The van der Waals surface area contributed by atoms with Crippen LogP contribution in [0.2, 0.25) is 0 Å². The van der Waals surface area contributed by atoms with Crippen molar-refractivity contribution >= 4 is 5.91 Å². The number of phenols is 1. The number of nitrogens with zero attached hydrogens (tertiary/aromatic N) is 1. The van der Waals surface area contributed by atoms with E-state index in [0.717, 1.165) is 31.5 Å². The Bertz CT molecular complexity index is 381. The van der Waals surface area contributed by atoms with Crippen LogP contribution in [-0.4, -0.2) is 29.0 Å². The standard InChI is InChI=1S/C12H15NO2/c1-9-5-4-6-10(11(9)14)12(15)13-7-2-3-8-13/h4-6,14H,2-3,7-8H2,1H3. The zero-order chi connectivity index (χ0) is 10.8. The van der Waals surface area contributed by atoms with Crippen molar-refractivity contribution in [3.05, 3.63) is 29.3 Å². The lowest BCUT2D eigenvalue weighted by molar-refractivity contribution is 0.0789. The van der Waals surface area contributed by atoms with Crippen LogP contribution in [-0.2, 0) is 0 Å². The number of likely N-dealkylation sites (tertiary alicyclic amines) is 1. The molecule has 2 rings (SSSR count). The molecule has 0 radical (unpaired) electrons. The number of aromatic hydroxyl groups is 1. The van der Waals surface area contributed by atoms with E-state index < -0.39 is 0 Å². The molecule has 3 heteroatoms. The largest absolute Gasteiger partial charge is 0.507 e. The van der Waals surface area contributed by atoms with E-state index in [2.05, 4.69) is 0 Å². The number of carbonyl (C=O) groups excluding carboxylic acids is 1. The molecular formula is C12H15NO2. The summed E-state index contributed by atoms with van der Waals surface area (Å²) in [5.74, 6) is 0.0723. The summed E-state index contributed by atoms with van der Waals surface area (Å²) in [4.78, 5) is 13.8. The maximum atomic E-state index is 12.0. The van der Waals surface area contributed by atoms with E-state index in [1.165, 1.54) is 0 Å². The van der Waals surface area contributed by atoms with Crippen molar-refractivity contribution in [2.75, 3.05) is 13.1 Å². The average molecular weight is 205 g/mol. The summed E-state index contributed by atoms with van der Waals surface area (Å²) in [7, 11) is 0. The van der Waals surface area contributed by atoms with Gasteiger partial charge in [0, 0.05) is 13.1 Å². The fourth-order valence-corrected chi connectivity index (χ4v) is 1.92. The predicted octanol–water partition coefficient (Wildman–Crippen LogP) is 1.94. The number of hydrogen-bond donors (Lipinski definition) is 1. The lowest BCUT2D eigenvalue weighted by Gasteiger charge is -2.16. The van der Waals surface area contributed by atoms with Gasteiger partial charge in [-0.3, -0.25) is 4.79 Å². The van der Waals surface area contributed by atoms with Gasteiger partial charge in [-0.05, 0) is 31.4 Å². The van der Waals surface area contributed by atoms with E-state index in [1.54, 1.807) is 30.0 Å². The Kier molecular flexibility index (Phi) is 2.62. The first-order valence-corrected chi connectivity index (χ1v) is 5.28. The van der Waals surface area contributed by atoms with Gasteiger partial charge >= 0.3 is 0 Å². The monoisotopic (exact) mass is 205 g/mol. The van der Waals surface area contributed by atoms with Gasteiger partial charge in [-0.1, -0.05) is 12.1 Å². The van der Waals surface area contributed by atoms with E-state index in [1.807, 2.05) is 0 Å². The molecule has 80 valence electrons. The van der Waals surface area contributed by atoms with E-state index >= 15 is 0 Å².